The second-order valence-corrected chi connectivity index (χ2v) is 9.03. The molecule has 0 aliphatic carbocycles. The van der Waals surface area contributed by atoms with Crippen LogP contribution in [0.15, 0.2) is 71.9 Å². The van der Waals surface area contributed by atoms with E-state index in [2.05, 4.69) is 23.4 Å². The van der Waals surface area contributed by atoms with Crippen molar-refractivity contribution in [3.63, 3.8) is 0 Å². The van der Waals surface area contributed by atoms with Crippen molar-refractivity contribution >= 4 is 37.3 Å². The number of rotatable bonds is 22. The zero-order valence-electron chi connectivity index (χ0n) is 29.3. The molecule has 0 aliphatic heterocycles. The van der Waals surface area contributed by atoms with Gasteiger partial charge in [-0.2, -0.15) is 15.1 Å². The molecule has 0 heterocycles. The second-order valence-electron chi connectivity index (χ2n) is 9.03. The molecular formula is C36H48N2O12. The first-order valence-electron chi connectivity index (χ1n) is 16.0. The summed E-state index contributed by atoms with van der Waals surface area (Å²) in [5.41, 5.74) is 1.37. The Kier molecular flexibility index (Phi) is 26.4. The van der Waals surface area contributed by atoms with Crippen LogP contribution in [0.5, 0.6) is 23.0 Å². The molecule has 0 aromatic heterocycles. The van der Waals surface area contributed by atoms with Gasteiger partial charge in [0.2, 0.25) is 5.75 Å². The van der Waals surface area contributed by atoms with Crippen LogP contribution < -0.4 is 19.1 Å². The molecule has 0 radical (unpaired) electrons. The van der Waals surface area contributed by atoms with E-state index in [-0.39, 0.29) is 25.6 Å². The Hall–Kier alpha value is -5.50. The van der Waals surface area contributed by atoms with Gasteiger partial charge in [-0.25, -0.2) is 14.4 Å². The highest BCUT2D eigenvalue weighted by Crippen LogP contribution is 2.29. The summed E-state index contributed by atoms with van der Waals surface area (Å²) >= 11 is 0. The summed E-state index contributed by atoms with van der Waals surface area (Å²) < 4.78 is 31.4. The quantitative estimate of drug-likeness (QED) is 0.0188. The first-order chi connectivity index (χ1) is 24.4. The molecular weight excluding hydrogens is 652 g/mol. The van der Waals surface area contributed by atoms with Gasteiger partial charge < -0.3 is 38.1 Å². The van der Waals surface area contributed by atoms with E-state index in [0.717, 1.165) is 12.2 Å². The van der Waals surface area contributed by atoms with Crippen molar-refractivity contribution in [2.45, 2.75) is 53.4 Å². The summed E-state index contributed by atoms with van der Waals surface area (Å²) in [5, 5.41) is 8.20. The van der Waals surface area contributed by atoms with Crippen molar-refractivity contribution in [2.24, 2.45) is 10.2 Å². The van der Waals surface area contributed by atoms with E-state index < -0.39 is 18.1 Å². The van der Waals surface area contributed by atoms with Crippen LogP contribution in [0.1, 0.15) is 64.5 Å². The smallest absolute Gasteiger partial charge is 0.490 e. The Bertz CT molecular complexity index is 1360. The lowest BCUT2D eigenvalue weighted by Gasteiger charge is -2.11. The molecule has 0 saturated heterocycles. The minimum Gasteiger partial charge on any atom is -0.490 e. The van der Waals surface area contributed by atoms with Crippen molar-refractivity contribution < 1.29 is 57.4 Å². The molecule has 0 fully saturated rings. The van der Waals surface area contributed by atoms with Crippen LogP contribution in [0.25, 0.3) is 0 Å². The molecule has 2 aromatic rings. The van der Waals surface area contributed by atoms with Crippen LogP contribution in [-0.4, -0.2) is 77.0 Å². The number of nitrogens with zero attached hydrogens (tertiary/aromatic N) is 2. The Labute approximate surface area is 293 Å². The Morgan fingerprint density at radius 1 is 0.640 bits per heavy atom. The molecule has 50 heavy (non-hydrogen) atoms. The summed E-state index contributed by atoms with van der Waals surface area (Å²) in [4.78, 5) is 52.8. The fourth-order valence-corrected chi connectivity index (χ4v) is 3.41. The third kappa shape index (κ3) is 20.0. The Balaban J connectivity index is 0.00000578. The zero-order chi connectivity index (χ0) is 37.4. The molecule has 0 spiro atoms. The highest BCUT2D eigenvalue weighted by atomic mass is 17.2. The van der Waals surface area contributed by atoms with Gasteiger partial charge in [-0.3, -0.25) is 0 Å². The van der Waals surface area contributed by atoms with Gasteiger partial charge >= 0.3 is 18.1 Å². The SMILES string of the molecule is C=CC(=O)OCCCCOOc1ccc(/C=N/N=C/c2ccc(OC(=O)OCCCCOC(=O)C=C)c(OCC)c2)cc1OCC.C=O.CC. The van der Waals surface area contributed by atoms with Gasteiger partial charge in [-0.1, -0.05) is 27.0 Å². The van der Waals surface area contributed by atoms with Crippen LogP contribution >= 0.6 is 0 Å². The summed E-state index contributed by atoms with van der Waals surface area (Å²) in [6.07, 6.45) is 6.66. The van der Waals surface area contributed by atoms with Crippen molar-refractivity contribution in [1.29, 1.82) is 0 Å². The third-order valence-electron chi connectivity index (χ3n) is 5.56. The molecule has 0 atom stereocenters. The van der Waals surface area contributed by atoms with Gasteiger partial charge in [0.1, 0.15) is 6.79 Å². The number of carbonyl (C=O) groups is 4. The van der Waals surface area contributed by atoms with E-state index in [1.165, 1.54) is 6.21 Å². The molecule has 14 heteroatoms. The lowest BCUT2D eigenvalue weighted by Crippen LogP contribution is -2.13. The van der Waals surface area contributed by atoms with Crippen LogP contribution in [0.2, 0.25) is 0 Å². The van der Waals surface area contributed by atoms with Crippen molar-refractivity contribution in [3.8, 4) is 23.0 Å². The molecule has 14 nitrogen and oxygen atoms in total. The van der Waals surface area contributed by atoms with E-state index in [4.69, 9.17) is 43.0 Å². The first-order valence-corrected chi connectivity index (χ1v) is 16.0. The van der Waals surface area contributed by atoms with Crippen LogP contribution in [0.3, 0.4) is 0 Å². The average molecular weight is 701 g/mol. The fraction of sp³-hybridized carbons (Fsp3) is 0.389. The number of carbonyl (C=O) groups excluding carboxylic acids is 4. The molecule has 0 aliphatic rings. The average Bonchev–Trinajstić information content (AvgIpc) is 3.14. The highest BCUT2D eigenvalue weighted by molar-refractivity contribution is 5.84. The normalized spacial score (nSPS) is 10.1. The molecule has 0 unspecified atom stereocenters. The molecule has 0 bridgehead atoms. The molecule has 0 N–H and O–H groups in total. The minimum atomic E-state index is -0.881. The van der Waals surface area contributed by atoms with Crippen molar-refractivity contribution in [2.75, 3.05) is 39.6 Å². The van der Waals surface area contributed by atoms with E-state index in [1.807, 2.05) is 27.6 Å². The Morgan fingerprint density at radius 2 is 1.08 bits per heavy atom. The standard InChI is InChI=1S/C33H40N2O11.C2H6.CH2O/c1-5-31(36)41-17-9-10-19-43-33(38)45-27-15-13-25(21-29(27)39-7-3)23-34-35-24-26-14-16-28(30(22-26)40-8-4)46-44-20-12-11-18-42-32(37)6-2;2*1-2/h5-6,13-16,21-24H,1-2,7-12,17-20H2,3-4H3;1-2H3;1H2/b34-23+,35-24+;;. The van der Waals surface area contributed by atoms with Crippen molar-refractivity contribution in [1.82, 2.24) is 0 Å². The van der Waals surface area contributed by atoms with Crippen molar-refractivity contribution in [3.05, 3.63) is 72.8 Å². The number of ether oxygens (including phenoxy) is 6. The van der Waals surface area contributed by atoms with Crippen LogP contribution in [-0.2, 0) is 33.5 Å². The molecule has 0 amide bonds. The molecule has 2 aromatic carbocycles. The minimum absolute atomic E-state index is 0.102. The summed E-state index contributed by atoms with van der Waals surface area (Å²) in [6.45, 7) is 18.0. The van der Waals surface area contributed by atoms with E-state index >= 15 is 0 Å². The number of benzene rings is 2. The summed E-state index contributed by atoms with van der Waals surface area (Å²) in [6, 6.07) is 10.1. The van der Waals surface area contributed by atoms with E-state index in [0.29, 0.717) is 73.9 Å². The lowest BCUT2D eigenvalue weighted by molar-refractivity contribution is -0.208. The lowest BCUT2D eigenvalue weighted by atomic mass is 10.2. The maximum absolute atomic E-state index is 12.1. The van der Waals surface area contributed by atoms with Gasteiger partial charge in [0.15, 0.2) is 17.2 Å². The third-order valence-corrected chi connectivity index (χ3v) is 5.56. The maximum Gasteiger partial charge on any atom is 0.513 e. The summed E-state index contributed by atoms with van der Waals surface area (Å²) in [7, 11) is 0. The van der Waals surface area contributed by atoms with Gasteiger partial charge in [-0.15, -0.1) is 0 Å². The largest absolute Gasteiger partial charge is 0.513 e. The van der Waals surface area contributed by atoms with Crippen LogP contribution in [0, 0.1) is 0 Å². The number of hydrogen-bond donors (Lipinski definition) is 0. The van der Waals surface area contributed by atoms with Gasteiger partial charge in [0.25, 0.3) is 0 Å². The van der Waals surface area contributed by atoms with Crippen LogP contribution in [0.4, 0.5) is 4.79 Å². The predicted octanol–water partition coefficient (Wildman–Crippen LogP) is 6.62. The first kappa shape index (κ1) is 44.5. The van der Waals surface area contributed by atoms with Gasteiger partial charge in [0.05, 0.1) is 52.1 Å². The van der Waals surface area contributed by atoms with Gasteiger partial charge in [0, 0.05) is 12.2 Å². The maximum atomic E-state index is 12.1. The highest BCUT2D eigenvalue weighted by Gasteiger charge is 2.13. The monoisotopic (exact) mass is 700 g/mol. The number of hydrogen-bond acceptors (Lipinski definition) is 14. The molecule has 0 saturated carbocycles. The number of esters is 2. The fourth-order valence-electron chi connectivity index (χ4n) is 3.41. The van der Waals surface area contributed by atoms with E-state index in [1.54, 1.807) is 49.5 Å². The molecule has 2 rings (SSSR count). The van der Waals surface area contributed by atoms with E-state index in [9.17, 15) is 14.4 Å². The predicted molar refractivity (Wildman–Crippen MR) is 188 cm³/mol. The Morgan fingerprint density at radius 3 is 1.56 bits per heavy atom. The number of unbranched alkanes of at least 4 members (excludes halogenated alkanes) is 2. The molecule has 274 valence electrons. The summed E-state index contributed by atoms with van der Waals surface area (Å²) in [5.74, 6) is 0.442. The zero-order valence-corrected chi connectivity index (χ0v) is 29.3. The topological polar surface area (TPSA) is 167 Å². The van der Waals surface area contributed by atoms with Gasteiger partial charge in [-0.05, 0) is 87.1 Å². The second kappa shape index (κ2) is 29.6.